The molecule has 2 aromatic carbocycles. The van der Waals surface area contributed by atoms with Crippen LogP contribution in [0.4, 0.5) is 0 Å². The number of phenols is 1. The van der Waals surface area contributed by atoms with E-state index in [4.69, 9.17) is 9.47 Å². The third-order valence-electron chi connectivity index (χ3n) is 4.75. The lowest BCUT2D eigenvalue weighted by Crippen LogP contribution is -2.29. The molecule has 2 aromatic rings. The lowest BCUT2D eigenvalue weighted by atomic mass is 9.89. The molecule has 0 aliphatic carbocycles. The van der Waals surface area contributed by atoms with Gasteiger partial charge in [0.15, 0.2) is 5.78 Å². The number of rotatable bonds is 1. The van der Waals surface area contributed by atoms with Gasteiger partial charge < -0.3 is 14.6 Å². The molecule has 4 rings (SSSR count). The fourth-order valence-electron chi connectivity index (χ4n) is 3.40. The van der Waals surface area contributed by atoms with Gasteiger partial charge in [-0.25, -0.2) is 0 Å². The van der Waals surface area contributed by atoms with Gasteiger partial charge in [-0.2, -0.15) is 0 Å². The number of ketones is 1. The standard InChI is InChI=1S/C21H20O4/c1-12-18(23)17-15(22)11-16(13-7-5-4-6-8-13)24-20(17)14-9-10-21(2,3)25-19(12)14/h4-10,16,23H,11H2,1-3H3. The third-order valence-corrected chi connectivity index (χ3v) is 4.75. The van der Waals surface area contributed by atoms with E-state index in [-0.39, 0.29) is 29.6 Å². The number of carbonyl (C=O) groups is 1. The van der Waals surface area contributed by atoms with Crippen molar-refractivity contribution in [3.8, 4) is 17.2 Å². The Balaban J connectivity index is 1.88. The van der Waals surface area contributed by atoms with Crippen LogP contribution in [0.25, 0.3) is 6.08 Å². The molecule has 25 heavy (non-hydrogen) atoms. The van der Waals surface area contributed by atoms with Crippen molar-refractivity contribution in [2.75, 3.05) is 0 Å². The van der Waals surface area contributed by atoms with Crippen LogP contribution in [0.3, 0.4) is 0 Å². The smallest absolute Gasteiger partial charge is 0.174 e. The van der Waals surface area contributed by atoms with Gasteiger partial charge in [-0.15, -0.1) is 0 Å². The van der Waals surface area contributed by atoms with Crippen molar-refractivity contribution in [1.82, 2.24) is 0 Å². The van der Waals surface area contributed by atoms with Crippen LogP contribution >= 0.6 is 0 Å². The predicted octanol–water partition coefficient (Wildman–Crippen LogP) is 4.59. The third kappa shape index (κ3) is 2.49. The van der Waals surface area contributed by atoms with E-state index in [1.54, 1.807) is 6.92 Å². The van der Waals surface area contributed by atoms with Gasteiger partial charge in [-0.05, 0) is 38.5 Å². The van der Waals surface area contributed by atoms with Crippen molar-refractivity contribution < 1.29 is 19.4 Å². The van der Waals surface area contributed by atoms with Crippen LogP contribution in [0.15, 0.2) is 36.4 Å². The Kier molecular flexibility index (Phi) is 3.39. The molecule has 2 aliphatic heterocycles. The first-order valence-electron chi connectivity index (χ1n) is 8.40. The van der Waals surface area contributed by atoms with Crippen LogP contribution in [-0.4, -0.2) is 16.5 Å². The Bertz CT molecular complexity index is 894. The van der Waals surface area contributed by atoms with E-state index in [0.29, 0.717) is 17.1 Å². The predicted molar refractivity (Wildman–Crippen MR) is 95.3 cm³/mol. The molecular formula is C21H20O4. The highest BCUT2D eigenvalue weighted by atomic mass is 16.5. The van der Waals surface area contributed by atoms with Crippen LogP contribution in [0.5, 0.6) is 17.2 Å². The van der Waals surface area contributed by atoms with E-state index >= 15 is 0 Å². The van der Waals surface area contributed by atoms with Gasteiger partial charge in [0.05, 0.1) is 12.0 Å². The lowest BCUT2D eigenvalue weighted by Gasteiger charge is -2.34. The molecule has 1 N–H and O–H groups in total. The Morgan fingerprint density at radius 2 is 1.88 bits per heavy atom. The number of ether oxygens (including phenoxy) is 2. The van der Waals surface area contributed by atoms with Gasteiger partial charge in [-0.1, -0.05) is 30.3 Å². The highest BCUT2D eigenvalue weighted by Gasteiger charge is 2.37. The highest BCUT2D eigenvalue weighted by molar-refractivity contribution is 6.05. The summed E-state index contributed by atoms with van der Waals surface area (Å²) >= 11 is 0. The zero-order valence-corrected chi connectivity index (χ0v) is 14.5. The van der Waals surface area contributed by atoms with Crippen molar-refractivity contribution in [1.29, 1.82) is 0 Å². The second-order valence-electron chi connectivity index (χ2n) is 7.10. The fourth-order valence-corrected chi connectivity index (χ4v) is 3.40. The molecule has 2 aliphatic rings. The number of fused-ring (bicyclic) bond motifs is 3. The Morgan fingerprint density at radius 3 is 2.60 bits per heavy atom. The molecule has 0 bridgehead atoms. The summed E-state index contributed by atoms with van der Waals surface area (Å²) in [5.74, 6) is 0.827. The van der Waals surface area contributed by atoms with E-state index < -0.39 is 5.60 Å². The summed E-state index contributed by atoms with van der Waals surface area (Å²) in [7, 11) is 0. The molecule has 4 nitrogen and oxygen atoms in total. The number of carbonyl (C=O) groups excluding carboxylic acids is 1. The van der Waals surface area contributed by atoms with Crippen molar-refractivity contribution in [2.45, 2.75) is 38.9 Å². The second-order valence-corrected chi connectivity index (χ2v) is 7.10. The topological polar surface area (TPSA) is 55.8 Å². The molecule has 1 atom stereocenters. The summed E-state index contributed by atoms with van der Waals surface area (Å²) in [4.78, 5) is 12.8. The number of Topliss-reactive ketones (excluding diaryl/α,β-unsaturated/α-hetero) is 1. The molecule has 4 heteroatoms. The van der Waals surface area contributed by atoms with E-state index in [1.165, 1.54) is 0 Å². The Hall–Kier alpha value is -2.75. The van der Waals surface area contributed by atoms with Gasteiger partial charge in [0, 0.05) is 5.56 Å². The van der Waals surface area contributed by atoms with Gasteiger partial charge in [0.25, 0.3) is 0 Å². The minimum atomic E-state index is -0.476. The zero-order chi connectivity index (χ0) is 17.8. The molecule has 128 valence electrons. The van der Waals surface area contributed by atoms with Crippen LogP contribution in [0.2, 0.25) is 0 Å². The average Bonchev–Trinajstić information content (AvgIpc) is 2.59. The van der Waals surface area contributed by atoms with Gasteiger partial charge in [0.1, 0.15) is 34.5 Å². The van der Waals surface area contributed by atoms with Crippen molar-refractivity contribution in [2.24, 2.45) is 0 Å². The van der Waals surface area contributed by atoms with Gasteiger partial charge in [-0.3, -0.25) is 4.79 Å². The first kappa shape index (κ1) is 15.8. The highest BCUT2D eigenvalue weighted by Crippen LogP contribution is 2.50. The average molecular weight is 336 g/mol. The molecular weight excluding hydrogens is 316 g/mol. The van der Waals surface area contributed by atoms with Crippen molar-refractivity contribution in [3.63, 3.8) is 0 Å². The molecule has 0 saturated carbocycles. The maximum atomic E-state index is 12.8. The van der Waals surface area contributed by atoms with E-state index in [0.717, 1.165) is 11.1 Å². The van der Waals surface area contributed by atoms with E-state index in [2.05, 4.69) is 0 Å². The number of phenolic OH excluding ortho intramolecular Hbond substituents is 1. The lowest BCUT2D eigenvalue weighted by molar-refractivity contribution is 0.0840. The summed E-state index contributed by atoms with van der Waals surface area (Å²) in [5, 5.41) is 10.6. The summed E-state index contributed by atoms with van der Waals surface area (Å²) in [5.41, 5.74) is 2.02. The van der Waals surface area contributed by atoms with Crippen LogP contribution < -0.4 is 9.47 Å². The maximum Gasteiger partial charge on any atom is 0.174 e. The first-order chi connectivity index (χ1) is 11.9. The van der Waals surface area contributed by atoms with Crippen molar-refractivity contribution >= 4 is 11.9 Å². The minimum absolute atomic E-state index is 0.0450. The fraction of sp³-hybridized carbons (Fsp3) is 0.286. The number of hydrogen-bond donors (Lipinski definition) is 1. The summed E-state index contributed by atoms with van der Waals surface area (Å²) < 4.78 is 12.2. The summed E-state index contributed by atoms with van der Waals surface area (Å²) in [6.45, 7) is 5.66. The number of aromatic hydroxyl groups is 1. The first-order valence-corrected chi connectivity index (χ1v) is 8.40. The maximum absolute atomic E-state index is 12.8. The monoisotopic (exact) mass is 336 g/mol. The molecule has 0 aromatic heterocycles. The van der Waals surface area contributed by atoms with E-state index in [9.17, 15) is 9.90 Å². The Labute approximate surface area is 146 Å². The van der Waals surface area contributed by atoms with Gasteiger partial charge >= 0.3 is 0 Å². The molecule has 0 fully saturated rings. The van der Waals surface area contributed by atoms with Crippen molar-refractivity contribution in [3.05, 3.63) is 58.7 Å². The van der Waals surface area contributed by atoms with Crippen LogP contribution in [0.1, 0.15) is 53.4 Å². The zero-order valence-electron chi connectivity index (χ0n) is 14.5. The molecule has 2 heterocycles. The van der Waals surface area contributed by atoms with Gasteiger partial charge in [0.2, 0.25) is 0 Å². The summed E-state index contributed by atoms with van der Waals surface area (Å²) in [6.07, 6.45) is 3.70. The minimum Gasteiger partial charge on any atom is -0.507 e. The number of benzene rings is 2. The van der Waals surface area contributed by atoms with E-state index in [1.807, 2.05) is 56.3 Å². The SMILES string of the molecule is Cc1c(O)c2c(c3c1OC(C)(C)C=C3)OC(c1ccccc1)CC2=O. The molecule has 0 saturated heterocycles. The molecule has 0 amide bonds. The molecule has 1 unspecified atom stereocenters. The van der Waals surface area contributed by atoms with Crippen LogP contribution in [-0.2, 0) is 0 Å². The molecule has 0 radical (unpaired) electrons. The normalized spacial score (nSPS) is 20.3. The Morgan fingerprint density at radius 1 is 1.16 bits per heavy atom. The van der Waals surface area contributed by atoms with Crippen LogP contribution in [0, 0.1) is 6.92 Å². The summed E-state index contributed by atoms with van der Waals surface area (Å²) in [6, 6.07) is 9.66. The largest absolute Gasteiger partial charge is 0.507 e. The quantitative estimate of drug-likeness (QED) is 0.827. The second kappa shape index (κ2) is 5.38. The molecule has 0 spiro atoms. The number of hydrogen-bond acceptors (Lipinski definition) is 4.